The lowest BCUT2D eigenvalue weighted by Gasteiger charge is -2.43. The van der Waals surface area contributed by atoms with Gasteiger partial charge in [-0.05, 0) is 30.7 Å². The van der Waals surface area contributed by atoms with Crippen molar-refractivity contribution in [3.05, 3.63) is 35.6 Å². The smallest absolute Gasteiger partial charge is 0.254 e. The minimum Gasteiger partial charge on any atom is -0.375 e. The SMILES string of the molecule is COCC(=O)N1CCOC2(C1)CN(C(=O)c1ccc(F)cc1)CCCO2. The number of methoxy groups -OCH3 is 1. The van der Waals surface area contributed by atoms with Crippen molar-refractivity contribution in [3.8, 4) is 0 Å². The van der Waals surface area contributed by atoms with E-state index in [0.717, 1.165) is 0 Å². The van der Waals surface area contributed by atoms with E-state index < -0.39 is 5.79 Å². The van der Waals surface area contributed by atoms with Gasteiger partial charge >= 0.3 is 0 Å². The van der Waals surface area contributed by atoms with E-state index in [4.69, 9.17) is 14.2 Å². The molecule has 0 saturated carbocycles. The summed E-state index contributed by atoms with van der Waals surface area (Å²) in [5.74, 6) is -1.79. The summed E-state index contributed by atoms with van der Waals surface area (Å²) in [5.41, 5.74) is 0.409. The van der Waals surface area contributed by atoms with Crippen molar-refractivity contribution < 1.29 is 28.2 Å². The van der Waals surface area contributed by atoms with E-state index in [1.807, 2.05) is 0 Å². The van der Waals surface area contributed by atoms with Crippen LogP contribution in [0.2, 0.25) is 0 Å². The average molecular weight is 366 g/mol. The van der Waals surface area contributed by atoms with E-state index in [0.29, 0.717) is 38.3 Å². The second-order valence-corrected chi connectivity index (χ2v) is 6.44. The van der Waals surface area contributed by atoms with Crippen LogP contribution in [0, 0.1) is 5.82 Å². The van der Waals surface area contributed by atoms with Crippen LogP contribution in [0.15, 0.2) is 24.3 Å². The van der Waals surface area contributed by atoms with E-state index in [9.17, 15) is 14.0 Å². The highest BCUT2D eigenvalue weighted by molar-refractivity contribution is 5.94. The van der Waals surface area contributed by atoms with Crippen LogP contribution in [0.3, 0.4) is 0 Å². The quantitative estimate of drug-likeness (QED) is 0.795. The van der Waals surface area contributed by atoms with Gasteiger partial charge in [-0.2, -0.15) is 0 Å². The van der Waals surface area contributed by atoms with Gasteiger partial charge in [0.15, 0.2) is 0 Å². The molecule has 2 aliphatic heterocycles. The first-order valence-corrected chi connectivity index (χ1v) is 8.62. The van der Waals surface area contributed by atoms with Crippen molar-refractivity contribution in [2.45, 2.75) is 12.2 Å². The minimum atomic E-state index is -1.05. The molecule has 7 nitrogen and oxygen atoms in total. The number of nitrogens with zero attached hydrogens (tertiary/aromatic N) is 2. The molecule has 142 valence electrons. The standard InChI is InChI=1S/C18H23FN2O5/c1-24-11-16(22)20-8-10-26-18(12-20)13-21(7-2-9-25-18)17(23)14-3-5-15(19)6-4-14/h3-6H,2,7-13H2,1H3. The Hall–Kier alpha value is -2.03. The fourth-order valence-corrected chi connectivity index (χ4v) is 3.25. The van der Waals surface area contributed by atoms with Crippen LogP contribution < -0.4 is 0 Å². The minimum absolute atomic E-state index is 0.00565. The lowest BCUT2D eigenvalue weighted by molar-refractivity contribution is -0.262. The molecule has 2 amide bonds. The lowest BCUT2D eigenvalue weighted by atomic mass is 10.1. The summed E-state index contributed by atoms with van der Waals surface area (Å²) < 4.78 is 29.8. The molecule has 2 saturated heterocycles. The predicted octanol–water partition coefficient (Wildman–Crippen LogP) is 0.890. The molecular weight excluding hydrogens is 343 g/mol. The Morgan fingerprint density at radius 1 is 1.12 bits per heavy atom. The highest BCUT2D eigenvalue weighted by Crippen LogP contribution is 2.25. The Morgan fingerprint density at radius 3 is 2.54 bits per heavy atom. The van der Waals surface area contributed by atoms with E-state index in [1.165, 1.54) is 31.4 Å². The summed E-state index contributed by atoms with van der Waals surface area (Å²) in [7, 11) is 1.47. The summed E-state index contributed by atoms with van der Waals surface area (Å²) in [6.07, 6.45) is 0.657. The summed E-state index contributed by atoms with van der Waals surface area (Å²) in [6, 6.07) is 5.46. The van der Waals surface area contributed by atoms with E-state index in [-0.39, 0.29) is 37.3 Å². The molecule has 0 aromatic heterocycles. The molecule has 1 atom stereocenters. The number of hydrogen-bond donors (Lipinski definition) is 0. The molecule has 1 spiro atoms. The fourth-order valence-electron chi connectivity index (χ4n) is 3.25. The van der Waals surface area contributed by atoms with Crippen LogP contribution in [0.5, 0.6) is 0 Å². The maximum atomic E-state index is 13.1. The van der Waals surface area contributed by atoms with Crippen molar-refractivity contribution >= 4 is 11.8 Å². The number of halogens is 1. The van der Waals surface area contributed by atoms with E-state index >= 15 is 0 Å². The first kappa shape index (κ1) is 18.8. The zero-order chi connectivity index (χ0) is 18.6. The van der Waals surface area contributed by atoms with Crippen molar-refractivity contribution in [1.29, 1.82) is 0 Å². The Bertz CT molecular complexity index is 653. The maximum absolute atomic E-state index is 13.1. The molecule has 0 aliphatic carbocycles. The molecule has 2 heterocycles. The van der Waals surface area contributed by atoms with E-state index in [2.05, 4.69) is 0 Å². The van der Waals surface area contributed by atoms with Gasteiger partial charge < -0.3 is 24.0 Å². The molecule has 0 radical (unpaired) electrons. The van der Waals surface area contributed by atoms with E-state index in [1.54, 1.807) is 9.80 Å². The number of benzene rings is 1. The summed E-state index contributed by atoms with van der Waals surface area (Å²) in [6.45, 7) is 2.16. The number of amides is 2. The third-order valence-corrected chi connectivity index (χ3v) is 4.53. The summed E-state index contributed by atoms with van der Waals surface area (Å²) in [4.78, 5) is 28.2. The first-order valence-electron chi connectivity index (χ1n) is 8.62. The second-order valence-electron chi connectivity index (χ2n) is 6.44. The molecule has 3 rings (SSSR count). The zero-order valence-electron chi connectivity index (χ0n) is 14.8. The molecule has 8 heteroatoms. The Kier molecular flexibility index (Phi) is 5.85. The fraction of sp³-hybridized carbons (Fsp3) is 0.556. The van der Waals surface area contributed by atoms with Crippen molar-refractivity contribution in [1.82, 2.24) is 9.80 Å². The van der Waals surface area contributed by atoms with Gasteiger partial charge in [-0.25, -0.2) is 4.39 Å². The molecule has 1 aromatic carbocycles. The molecule has 0 N–H and O–H groups in total. The van der Waals surface area contributed by atoms with Gasteiger partial charge in [0.1, 0.15) is 12.4 Å². The van der Waals surface area contributed by atoms with Gasteiger partial charge in [0.25, 0.3) is 5.91 Å². The largest absolute Gasteiger partial charge is 0.375 e. The Morgan fingerprint density at radius 2 is 1.81 bits per heavy atom. The highest BCUT2D eigenvalue weighted by atomic mass is 19.1. The number of rotatable bonds is 3. The molecule has 2 aliphatic rings. The maximum Gasteiger partial charge on any atom is 0.254 e. The van der Waals surface area contributed by atoms with Crippen LogP contribution in [-0.2, 0) is 19.0 Å². The third-order valence-electron chi connectivity index (χ3n) is 4.53. The van der Waals surface area contributed by atoms with Gasteiger partial charge in [0, 0.05) is 25.8 Å². The number of carbonyl (C=O) groups excluding carboxylic acids is 2. The van der Waals surface area contributed by atoms with Gasteiger partial charge in [0.05, 0.1) is 26.3 Å². The zero-order valence-corrected chi connectivity index (χ0v) is 14.8. The highest BCUT2D eigenvalue weighted by Gasteiger charge is 2.43. The number of hydrogen-bond acceptors (Lipinski definition) is 5. The Labute approximate surface area is 151 Å². The predicted molar refractivity (Wildman–Crippen MR) is 90.0 cm³/mol. The van der Waals surface area contributed by atoms with Crippen LogP contribution in [0.25, 0.3) is 0 Å². The number of morpholine rings is 1. The van der Waals surface area contributed by atoms with Crippen molar-refractivity contribution in [2.75, 3.05) is 53.1 Å². The molecule has 0 bridgehead atoms. The summed E-state index contributed by atoms with van der Waals surface area (Å²) in [5, 5.41) is 0. The van der Waals surface area contributed by atoms with Gasteiger partial charge in [-0.15, -0.1) is 0 Å². The van der Waals surface area contributed by atoms with Gasteiger partial charge in [-0.3, -0.25) is 9.59 Å². The third kappa shape index (κ3) is 4.20. The van der Waals surface area contributed by atoms with Gasteiger partial charge in [-0.1, -0.05) is 0 Å². The van der Waals surface area contributed by atoms with Gasteiger partial charge in [0.2, 0.25) is 11.7 Å². The van der Waals surface area contributed by atoms with Crippen LogP contribution in [-0.4, -0.2) is 80.5 Å². The Balaban J connectivity index is 1.74. The number of ether oxygens (including phenoxy) is 3. The molecule has 26 heavy (non-hydrogen) atoms. The monoisotopic (exact) mass is 366 g/mol. The van der Waals surface area contributed by atoms with Crippen molar-refractivity contribution in [2.24, 2.45) is 0 Å². The van der Waals surface area contributed by atoms with Crippen LogP contribution in [0.4, 0.5) is 4.39 Å². The topological polar surface area (TPSA) is 68.3 Å². The number of carbonyl (C=O) groups is 2. The first-order chi connectivity index (χ1) is 12.5. The lowest BCUT2D eigenvalue weighted by Crippen LogP contribution is -2.60. The molecular formula is C18H23FN2O5. The molecule has 2 fully saturated rings. The molecule has 1 unspecified atom stereocenters. The second kappa shape index (κ2) is 8.11. The summed E-state index contributed by atoms with van der Waals surface area (Å²) >= 11 is 0. The van der Waals surface area contributed by atoms with Crippen LogP contribution >= 0.6 is 0 Å². The molecule has 1 aromatic rings. The average Bonchev–Trinajstić information content (AvgIpc) is 2.84. The normalized spacial score (nSPS) is 23.8. The van der Waals surface area contributed by atoms with Crippen molar-refractivity contribution in [3.63, 3.8) is 0 Å². The van der Waals surface area contributed by atoms with Crippen LogP contribution in [0.1, 0.15) is 16.8 Å².